The topological polar surface area (TPSA) is 55.4 Å². The fraction of sp³-hybridized carbons (Fsp3) is 0.895. The number of rotatable bonds is 14. The molecule has 0 bridgehead atoms. The molecule has 0 saturated carbocycles. The molecule has 0 aromatic rings. The van der Waals surface area contributed by atoms with Crippen molar-refractivity contribution in [2.75, 3.05) is 33.7 Å². The van der Waals surface area contributed by atoms with Gasteiger partial charge in [0.15, 0.2) is 6.54 Å². The van der Waals surface area contributed by atoms with E-state index >= 15 is 0 Å². The third-order valence-corrected chi connectivity index (χ3v) is 5.16. The van der Waals surface area contributed by atoms with Gasteiger partial charge in [0.2, 0.25) is 0 Å². The Bertz CT molecular complexity index is 946. The summed E-state index contributed by atoms with van der Waals surface area (Å²) in [7, 11) is 2.65. The van der Waals surface area contributed by atoms with Crippen molar-refractivity contribution < 1.29 is 93.4 Å². The summed E-state index contributed by atoms with van der Waals surface area (Å²) >= 11 is 0. The summed E-state index contributed by atoms with van der Waals surface area (Å²) in [5.41, 5.74) is 0. The van der Waals surface area contributed by atoms with Crippen molar-refractivity contribution >= 4 is 11.9 Å². The van der Waals surface area contributed by atoms with Crippen molar-refractivity contribution in [2.45, 2.75) is 74.0 Å². The Hall–Kier alpha value is -2.29. The molecule has 0 aliphatic carbocycles. The van der Waals surface area contributed by atoms with Crippen molar-refractivity contribution in [3.63, 3.8) is 0 Å². The lowest BCUT2D eigenvalue weighted by Gasteiger charge is -2.42. The Morgan fingerprint density at radius 2 is 1.02 bits per heavy atom. The van der Waals surface area contributed by atoms with Crippen LogP contribution in [0.5, 0.6) is 0 Å². The Balaban J connectivity index is 5.97. The summed E-state index contributed by atoms with van der Waals surface area (Å²) in [6, 6.07) is 0. The molecule has 0 aromatic heterocycles. The average molecular weight is 649 g/mol. The number of nitrogens with one attached hydrogen (secondary N) is 1. The monoisotopic (exact) mass is 649 g/mol. The number of esters is 1. The van der Waals surface area contributed by atoms with Crippen LogP contribution in [0.2, 0.25) is 0 Å². The Kier molecular flexibility index (Phi) is 10.8. The highest BCUT2D eigenvalue weighted by Gasteiger charge is 2.95. The number of ether oxygens (including phenoxy) is 1. The molecule has 1 amide bonds. The third kappa shape index (κ3) is 6.86. The lowest BCUT2D eigenvalue weighted by Crippen LogP contribution is -2.75. The van der Waals surface area contributed by atoms with E-state index in [1.165, 1.54) is 27.9 Å². The summed E-state index contributed by atoms with van der Waals surface area (Å²) in [5, 5.41) is 0.846. The first-order valence-electron chi connectivity index (χ1n) is 10.7. The summed E-state index contributed by atoms with van der Waals surface area (Å²) in [6.07, 6.45) is -8.93. The summed E-state index contributed by atoms with van der Waals surface area (Å²) in [5.74, 6) is -62.5. The van der Waals surface area contributed by atoms with E-state index in [1.54, 1.807) is 0 Å². The van der Waals surface area contributed by atoms with Gasteiger partial charge in [0.1, 0.15) is 0 Å². The number of carbonyl (C=O) groups is 2. The second kappa shape index (κ2) is 11.4. The minimum absolute atomic E-state index is 0.265. The number of hydrogen-bond donors (Lipinski definition) is 1. The third-order valence-electron chi connectivity index (χ3n) is 5.16. The van der Waals surface area contributed by atoms with Crippen LogP contribution >= 0.6 is 0 Å². The van der Waals surface area contributed by atoms with E-state index in [0.717, 1.165) is 5.32 Å². The summed E-state index contributed by atoms with van der Waals surface area (Å²) < 4.78 is 230. The fourth-order valence-corrected chi connectivity index (χ4v) is 2.86. The van der Waals surface area contributed by atoms with Crippen LogP contribution in [0.4, 0.5) is 74.6 Å². The molecule has 0 heterocycles. The van der Waals surface area contributed by atoms with Gasteiger partial charge in [-0.3, -0.25) is 4.79 Å². The molecule has 0 aliphatic heterocycles. The molecular weight excluding hydrogens is 627 g/mol. The molecule has 244 valence electrons. The van der Waals surface area contributed by atoms with Crippen LogP contribution in [0.25, 0.3) is 0 Å². The number of hydrogen-bond acceptors (Lipinski definition) is 3. The van der Waals surface area contributed by atoms with Gasteiger partial charge >= 0.3 is 53.6 Å². The molecule has 0 spiro atoms. The van der Waals surface area contributed by atoms with Gasteiger partial charge < -0.3 is 14.5 Å². The van der Waals surface area contributed by atoms with E-state index in [1.807, 2.05) is 0 Å². The molecule has 0 aromatic carbocycles. The van der Waals surface area contributed by atoms with Crippen LogP contribution in [0.15, 0.2) is 0 Å². The van der Waals surface area contributed by atoms with Gasteiger partial charge in [-0.1, -0.05) is 0 Å². The first-order chi connectivity index (χ1) is 17.7. The second-order valence-electron chi connectivity index (χ2n) is 9.48. The van der Waals surface area contributed by atoms with E-state index < -0.39 is 78.6 Å². The highest BCUT2D eigenvalue weighted by molar-refractivity contribution is 5.84. The Morgan fingerprint density at radius 1 is 0.659 bits per heavy atom. The van der Waals surface area contributed by atoms with E-state index in [0.29, 0.717) is 0 Å². The first-order valence-corrected chi connectivity index (χ1v) is 10.7. The highest BCUT2D eigenvalue weighted by atomic mass is 19.4. The van der Waals surface area contributed by atoms with Crippen LogP contribution in [0.3, 0.4) is 0 Å². The molecule has 5 nitrogen and oxygen atoms in total. The van der Waals surface area contributed by atoms with Crippen molar-refractivity contribution in [2.24, 2.45) is 0 Å². The van der Waals surface area contributed by atoms with Gasteiger partial charge in [-0.05, 0) is 13.8 Å². The van der Waals surface area contributed by atoms with E-state index in [-0.39, 0.29) is 17.6 Å². The molecule has 0 atom stereocenters. The number of carbonyl (C=O) groups excluding carboxylic acids is 2. The SMILES string of the molecule is CC(C)OC(=O)C[N+](C)(C)CCCNC(=O)C(F)(F)C(F)(F)C(F)(F)C(F)(F)C(F)(F)C(F)(F)C(F)(F)C(F)(F)F. The Labute approximate surface area is 219 Å². The maximum atomic E-state index is 13.9. The van der Waals surface area contributed by atoms with E-state index in [2.05, 4.69) is 0 Å². The molecule has 1 N–H and O–H groups in total. The van der Waals surface area contributed by atoms with Crippen molar-refractivity contribution in [1.82, 2.24) is 5.32 Å². The minimum Gasteiger partial charge on any atom is -0.459 e. The van der Waals surface area contributed by atoms with E-state index in [9.17, 15) is 84.2 Å². The Morgan fingerprint density at radius 3 is 1.39 bits per heavy atom. The van der Waals surface area contributed by atoms with Crippen molar-refractivity contribution in [3.05, 3.63) is 0 Å². The maximum Gasteiger partial charge on any atom is 0.460 e. The smallest absolute Gasteiger partial charge is 0.459 e. The molecular formula is C19H22F17N2O3+. The summed E-state index contributed by atoms with van der Waals surface area (Å²) in [6.45, 7) is 1.16. The zero-order valence-electron chi connectivity index (χ0n) is 21.0. The lowest BCUT2D eigenvalue weighted by atomic mass is 9.89. The largest absolute Gasteiger partial charge is 0.460 e. The predicted octanol–water partition coefficient (Wildman–Crippen LogP) is 5.53. The van der Waals surface area contributed by atoms with Crippen molar-refractivity contribution in [1.29, 1.82) is 0 Å². The molecule has 0 rings (SSSR count). The molecule has 0 radical (unpaired) electrons. The number of halogens is 17. The van der Waals surface area contributed by atoms with E-state index in [4.69, 9.17) is 4.74 Å². The van der Waals surface area contributed by atoms with Gasteiger partial charge in [-0.25, -0.2) is 4.79 Å². The van der Waals surface area contributed by atoms with Crippen LogP contribution in [-0.4, -0.2) is 104 Å². The lowest BCUT2D eigenvalue weighted by molar-refractivity contribution is -0.883. The number of quaternary nitrogens is 1. The molecule has 0 saturated heterocycles. The number of alkyl halides is 17. The van der Waals surface area contributed by atoms with Crippen LogP contribution in [0.1, 0.15) is 20.3 Å². The highest BCUT2D eigenvalue weighted by Crippen LogP contribution is 2.63. The standard InChI is InChI=1S/C19H21F17N2O3/c1-9(2)41-10(39)8-38(3,4)7-5-6-37-11(40)12(20,21)13(22,23)14(24,25)15(26,27)16(28,29)17(30,31)18(32,33)19(34,35)36/h9H,5-8H2,1-4H3/p+1. The quantitative estimate of drug-likeness (QED) is 0.117. The van der Waals surface area contributed by atoms with Gasteiger partial charge in [0.25, 0.3) is 5.91 Å². The van der Waals surface area contributed by atoms with Gasteiger partial charge in [-0.2, -0.15) is 74.6 Å². The average Bonchev–Trinajstić information content (AvgIpc) is 2.73. The number of likely N-dealkylation sites (N-methyl/N-ethyl adjacent to an activating group) is 1. The molecule has 41 heavy (non-hydrogen) atoms. The minimum atomic E-state index is -8.77. The van der Waals surface area contributed by atoms with Crippen molar-refractivity contribution in [3.8, 4) is 0 Å². The van der Waals surface area contributed by atoms with Crippen LogP contribution < -0.4 is 5.32 Å². The summed E-state index contributed by atoms with van der Waals surface area (Å²) in [4.78, 5) is 23.1. The van der Waals surface area contributed by atoms with Crippen LogP contribution in [-0.2, 0) is 14.3 Å². The van der Waals surface area contributed by atoms with Gasteiger partial charge in [0, 0.05) is 13.0 Å². The molecule has 22 heteroatoms. The second-order valence-corrected chi connectivity index (χ2v) is 9.48. The molecule has 0 unspecified atom stereocenters. The number of amides is 1. The predicted molar refractivity (Wildman–Crippen MR) is 101 cm³/mol. The van der Waals surface area contributed by atoms with Gasteiger partial charge in [-0.15, -0.1) is 0 Å². The fourth-order valence-electron chi connectivity index (χ4n) is 2.86. The molecule has 0 fully saturated rings. The zero-order valence-corrected chi connectivity index (χ0v) is 21.0. The number of nitrogens with zero attached hydrogens (tertiary/aromatic N) is 1. The zero-order chi connectivity index (χ0) is 33.5. The first kappa shape index (κ1) is 38.7. The molecule has 0 aliphatic rings. The van der Waals surface area contributed by atoms with Crippen LogP contribution in [0, 0.1) is 0 Å². The maximum absolute atomic E-state index is 13.9. The van der Waals surface area contributed by atoms with Gasteiger partial charge in [0.05, 0.1) is 26.7 Å². The normalized spacial score (nSPS) is 15.3.